The number of carbonyl (C=O) groups is 3. The highest BCUT2D eigenvalue weighted by Crippen LogP contribution is 2.35. The molecule has 7 heteroatoms. The number of nitrogens with zero attached hydrogens (tertiary/aromatic N) is 2. The van der Waals surface area contributed by atoms with E-state index in [9.17, 15) is 14.4 Å². The van der Waals surface area contributed by atoms with Gasteiger partial charge in [0.05, 0.1) is 6.04 Å². The number of ether oxygens (including phenoxy) is 1. The van der Waals surface area contributed by atoms with E-state index in [0.717, 1.165) is 25.7 Å². The zero-order valence-corrected chi connectivity index (χ0v) is 19.2. The van der Waals surface area contributed by atoms with Crippen molar-refractivity contribution in [3.63, 3.8) is 0 Å². The average Bonchev–Trinajstić information content (AvgIpc) is 3.00. The standard InChI is InChI=1S/C22H39N3O4/c1-14-8-10-15(11-9-14)25(19(27)21(2,3)4)16-12-17(18(23)26)24(13-16)20(28)29-22(5,6)7/h14-17H,8-13H2,1-7H3,(H2,23,26)/t14?,15?,16-,17-/m0/s1. The largest absolute Gasteiger partial charge is 0.444 e. The molecule has 2 rings (SSSR count). The van der Waals surface area contributed by atoms with Gasteiger partial charge in [-0.3, -0.25) is 14.5 Å². The molecule has 2 N–H and O–H groups in total. The minimum absolute atomic E-state index is 0.0660. The lowest BCUT2D eigenvalue weighted by molar-refractivity contribution is -0.145. The van der Waals surface area contributed by atoms with E-state index in [-0.39, 0.29) is 24.5 Å². The van der Waals surface area contributed by atoms with Crippen molar-refractivity contribution < 1.29 is 19.1 Å². The zero-order chi connectivity index (χ0) is 22.1. The van der Waals surface area contributed by atoms with Crippen LogP contribution in [0.4, 0.5) is 4.79 Å². The lowest BCUT2D eigenvalue weighted by atomic mass is 9.84. The van der Waals surface area contributed by atoms with E-state index < -0.39 is 29.1 Å². The second-order valence-corrected chi connectivity index (χ2v) is 10.8. The molecule has 2 aliphatic rings. The molecule has 0 spiro atoms. The summed E-state index contributed by atoms with van der Waals surface area (Å²) >= 11 is 0. The molecule has 3 amide bonds. The van der Waals surface area contributed by atoms with Gasteiger partial charge in [0.15, 0.2) is 0 Å². The number of likely N-dealkylation sites (tertiary alicyclic amines) is 1. The lowest BCUT2D eigenvalue weighted by Gasteiger charge is -2.42. The van der Waals surface area contributed by atoms with Gasteiger partial charge in [0.25, 0.3) is 0 Å². The van der Waals surface area contributed by atoms with Crippen molar-refractivity contribution in [1.82, 2.24) is 9.80 Å². The summed E-state index contributed by atoms with van der Waals surface area (Å²) in [5, 5.41) is 0. The van der Waals surface area contributed by atoms with Gasteiger partial charge in [-0.25, -0.2) is 4.79 Å². The first kappa shape index (κ1) is 23.5. The van der Waals surface area contributed by atoms with Gasteiger partial charge in [-0.2, -0.15) is 0 Å². The fraction of sp³-hybridized carbons (Fsp3) is 0.864. The van der Waals surface area contributed by atoms with E-state index in [4.69, 9.17) is 10.5 Å². The number of hydrogen-bond donors (Lipinski definition) is 1. The first-order valence-corrected chi connectivity index (χ1v) is 10.8. The molecule has 1 aliphatic heterocycles. The molecule has 1 saturated heterocycles. The summed E-state index contributed by atoms with van der Waals surface area (Å²) in [7, 11) is 0. The van der Waals surface area contributed by atoms with Crippen molar-refractivity contribution in [2.75, 3.05) is 6.54 Å². The third-order valence-corrected chi connectivity index (χ3v) is 5.88. The summed E-state index contributed by atoms with van der Waals surface area (Å²) in [6.45, 7) is 13.6. The molecule has 2 fully saturated rings. The Morgan fingerprint density at radius 1 is 0.966 bits per heavy atom. The van der Waals surface area contributed by atoms with Crippen LogP contribution in [-0.2, 0) is 14.3 Å². The normalized spacial score (nSPS) is 28.2. The number of primary amides is 1. The van der Waals surface area contributed by atoms with Crippen LogP contribution in [0.5, 0.6) is 0 Å². The average molecular weight is 410 g/mol. The van der Waals surface area contributed by atoms with E-state index in [2.05, 4.69) is 6.92 Å². The SMILES string of the molecule is CC1CCC(N(C(=O)C(C)(C)C)[C@H]2C[C@@H](C(N)=O)N(C(=O)OC(C)(C)C)C2)CC1. The van der Waals surface area contributed by atoms with Crippen molar-refractivity contribution in [1.29, 1.82) is 0 Å². The molecule has 1 saturated carbocycles. The van der Waals surface area contributed by atoms with Crippen LogP contribution in [0.3, 0.4) is 0 Å². The minimum Gasteiger partial charge on any atom is -0.444 e. The van der Waals surface area contributed by atoms with Gasteiger partial charge in [-0.15, -0.1) is 0 Å². The van der Waals surface area contributed by atoms with Gasteiger partial charge in [0.2, 0.25) is 11.8 Å². The topological polar surface area (TPSA) is 92.9 Å². The van der Waals surface area contributed by atoms with E-state index in [0.29, 0.717) is 12.3 Å². The van der Waals surface area contributed by atoms with Gasteiger partial charge < -0.3 is 15.4 Å². The van der Waals surface area contributed by atoms with Gasteiger partial charge in [0.1, 0.15) is 11.6 Å². The van der Waals surface area contributed by atoms with E-state index in [1.165, 1.54) is 4.90 Å². The lowest BCUT2D eigenvalue weighted by Crippen LogP contribution is -2.53. The Balaban J connectivity index is 2.29. The molecule has 0 radical (unpaired) electrons. The van der Waals surface area contributed by atoms with Crippen LogP contribution in [0.1, 0.15) is 80.6 Å². The van der Waals surface area contributed by atoms with Crippen LogP contribution < -0.4 is 5.73 Å². The second kappa shape index (κ2) is 8.52. The molecule has 0 aromatic rings. The van der Waals surface area contributed by atoms with Crippen LogP contribution in [0.2, 0.25) is 0 Å². The van der Waals surface area contributed by atoms with E-state index >= 15 is 0 Å². The molecule has 2 atom stereocenters. The molecule has 166 valence electrons. The Bertz CT molecular complexity index is 627. The van der Waals surface area contributed by atoms with Crippen LogP contribution in [0.25, 0.3) is 0 Å². The summed E-state index contributed by atoms with van der Waals surface area (Å²) in [6, 6.07) is -0.854. The maximum atomic E-state index is 13.4. The Labute approximate surface area is 175 Å². The summed E-state index contributed by atoms with van der Waals surface area (Å²) in [6.07, 6.45) is 3.88. The van der Waals surface area contributed by atoms with Gasteiger partial charge in [-0.05, 0) is 58.8 Å². The molecule has 1 aliphatic carbocycles. The van der Waals surface area contributed by atoms with Crippen LogP contribution in [0, 0.1) is 11.3 Å². The highest BCUT2D eigenvalue weighted by molar-refractivity contribution is 5.86. The highest BCUT2D eigenvalue weighted by atomic mass is 16.6. The molecule has 1 heterocycles. The van der Waals surface area contributed by atoms with Crippen LogP contribution in [-0.4, -0.2) is 58.0 Å². The second-order valence-electron chi connectivity index (χ2n) is 10.8. The van der Waals surface area contributed by atoms with Gasteiger partial charge in [0, 0.05) is 18.0 Å². The summed E-state index contributed by atoms with van der Waals surface area (Å²) in [5.74, 6) is 0.174. The van der Waals surface area contributed by atoms with Crippen molar-refractivity contribution in [2.24, 2.45) is 17.1 Å². The molecule has 7 nitrogen and oxygen atoms in total. The maximum Gasteiger partial charge on any atom is 0.411 e. The number of amides is 3. The Morgan fingerprint density at radius 3 is 1.97 bits per heavy atom. The number of rotatable bonds is 3. The first-order valence-electron chi connectivity index (χ1n) is 10.8. The zero-order valence-electron chi connectivity index (χ0n) is 19.2. The van der Waals surface area contributed by atoms with Gasteiger partial charge in [-0.1, -0.05) is 27.7 Å². The van der Waals surface area contributed by atoms with Crippen LogP contribution >= 0.6 is 0 Å². The van der Waals surface area contributed by atoms with Crippen molar-refractivity contribution in [3.05, 3.63) is 0 Å². The minimum atomic E-state index is -0.757. The van der Waals surface area contributed by atoms with E-state index in [1.54, 1.807) is 20.8 Å². The number of carbonyl (C=O) groups excluding carboxylic acids is 3. The van der Waals surface area contributed by atoms with Crippen molar-refractivity contribution >= 4 is 17.9 Å². The molecule has 0 aromatic heterocycles. The molecule has 0 unspecified atom stereocenters. The predicted molar refractivity (Wildman–Crippen MR) is 112 cm³/mol. The Hall–Kier alpha value is -1.79. The van der Waals surface area contributed by atoms with Gasteiger partial charge >= 0.3 is 6.09 Å². The summed E-state index contributed by atoms with van der Waals surface area (Å²) in [4.78, 5) is 41.6. The summed E-state index contributed by atoms with van der Waals surface area (Å²) in [5.41, 5.74) is 4.41. The quantitative estimate of drug-likeness (QED) is 0.774. The monoisotopic (exact) mass is 409 g/mol. The van der Waals surface area contributed by atoms with E-state index in [1.807, 2.05) is 25.7 Å². The van der Waals surface area contributed by atoms with Crippen molar-refractivity contribution in [2.45, 2.75) is 104 Å². The highest BCUT2D eigenvalue weighted by Gasteiger charge is 2.47. The summed E-state index contributed by atoms with van der Waals surface area (Å²) < 4.78 is 5.49. The molecular weight excluding hydrogens is 370 g/mol. The third-order valence-electron chi connectivity index (χ3n) is 5.88. The molecule has 0 aromatic carbocycles. The third kappa shape index (κ3) is 5.86. The van der Waals surface area contributed by atoms with Crippen LogP contribution in [0.15, 0.2) is 0 Å². The molecule has 29 heavy (non-hydrogen) atoms. The first-order chi connectivity index (χ1) is 13.2. The number of hydrogen-bond acceptors (Lipinski definition) is 4. The fourth-order valence-electron chi connectivity index (χ4n) is 4.35. The molecular formula is C22H39N3O4. The fourth-order valence-corrected chi connectivity index (χ4v) is 4.35. The van der Waals surface area contributed by atoms with Crippen molar-refractivity contribution in [3.8, 4) is 0 Å². The Kier molecular flexibility index (Phi) is 6.90. The predicted octanol–water partition coefficient (Wildman–Crippen LogP) is 3.30. The number of nitrogens with two attached hydrogens (primary N) is 1. The maximum absolute atomic E-state index is 13.4. The smallest absolute Gasteiger partial charge is 0.411 e. The Morgan fingerprint density at radius 2 is 1.52 bits per heavy atom. The molecule has 0 bridgehead atoms.